The zero-order chi connectivity index (χ0) is 83.4. The molecule has 0 spiro atoms. The van der Waals surface area contributed by atoms with E-state index in [0.717, 1.165) is 44.9 Å². The fourth-order valence-corrected chi connectivity index (χ4v) is 17.4. The molecule has 570 valence electrons. The molecule has 0 aliphatic carbocycles. The summed E-state index contributed by atoms with van der Waals surface area (Å²) in [5.74, 6) is 0. The predicted molar refractivity (Wildman–Crippen MR) is 491 cm³/mol. The van der Waals surface area contributed by atoms with E-state index in [4.69, 9.17) is 9.10 Å². The first-order valence-corrected chi connectivity index (χ1v) is 40.2. The van der Waals surface area contributed by atoms with E-state index in [9.17, 15) is 0 Å². The lowest BCUT2D eigenvalue weighted by Gasteiger charge is -2.30. The standard InChI is InChI=1S/C24H19N2.C23H22N.C21H19N2.C20H20N2.C20H17N2/c1-16-11-12-18-14-13-17-7-3-4-8-19(17)24(18)23(16)22-15-25-20-9-5-6-10-21(20)26(22)2;1-15-12-23(24(4)14-17(15)3)21-13-22-19(11-16(21)2)10-9-18-7-5-6-8-20(18)22;1-14-8-9-17-11-10-16-6-4-5-7-18(16)21(17)20(14)19-12-15(2)22-13-23(19)3;1-14-8-9-17-11-10-16-6-4-5-7-18(16)19(17)20(14)22-13-12-21(3)15(22)2;1-14-7-8-16-10-9-15-5-3-4-6-17(15)20(16)19(14)18-13-21-11-12-22(18)2/h3-15H,1-2H3;5-14H,1-4H3;4-13H,1-3H3;4-13,15H,1-3H3;3-13H,1-2H3/q3*+1;;+1/t;;;15-;/m...0./s1/i;3D3;;;. The molecular weight excluding hydrogens is 1420 g/mol. The van der Waals surface area contributed by atoms with E-state index in [1.807, 2.05) is 68.7 Å². The predicted octanol–water partition coefficient (Wildman–Crippen LogP) is 24.3. The topological polar surface area (TPSA) is 60.7 Å². The number of aromatic nitrogens is 7. The maximum Gasteiger partial charge on any atom is 0.286 e. The van der Waals surface area contributed by atoms with Crippen LogP contribution in [-0.4, -0.2) is 33.1 Å². The first-order chi connectivity index (χ1) is 58.1. The maximum atomic E-state index is 7.75. The number of anilines is 1. The Hall–Kier alpha value is -13.9. The molecule has 4 aromatic heterocycles. The minimum atomic E-state index is -2.10. The Morgan fingerprint density at radius 2 is 0.803 bits per heavy atom. The van der Waals surface area contributed by atoms with Crippen LogP contribution in [0.4, 0.5) is 5.69 Å². The second-order valence-corrected chi connectivity index (χ2v) is 31.4. The van der Waals surface area contributed by atoms with E-state index >= 15 is 0 Å². The van der Waals surface area contributed by atoms with Gasteiger partial charge in [0.2, 0.25) is 22.6 Å². The summed E-state index contributed by atoms with van der Waals surface area (Å²) < 4.78 is 31.7. The average molecular weight is 1520 g/mol. The Balaban J connectivity index is 0.000000107. The van der Waals surface area contributed by atoms with Crippen molar-refractivity contribution in [1.82, 2.24) is 19.9 Å². The van der Waals surface area contributed by atoms with E-state index < -0.39 is 6.85 Å². The Morgan fingerprint density at radius 3 is 1.33 bits per heavy atom. The van der Waals surface area contributed by atoms with Crippen LogP contribution in [0, 0.1) is 55.3 Å². The number of benzene rings is 16. The molecule has 16 aromatic carbocycles. The third-order valence-corrected chi connectivity index (χ3v) is 23.8. The van der Waals surface area contributed by atoms with Crippen LogP contribution in [0.3, 0.4) is 0 Å². The van der Waals surface area contributed by atoms with Crippen LogP contribution < -0.4 is 23.2 Å². The molecule has 0 radical (unpaired) electrons. The fraction of sp³-hybridized carbons (Fsp3) is 0.139. The van der Waals surface area contributed by atoms with Crippen LogP contribution >= 0.6 is 0 Å². The van der Waals surface area contributed by atoms with E-state index in [2.05, 4.69) is 383 Å². The summed E-state index contributed by atoms with van der Waals surface area (Å²) in [6.07, 6.45) is 16.1. The molecule has 117 heavy (non-hydrogen) atoms. The molecule has 0 saturated carbocycles. The van der Waals surface area contributed by atoms with Gasteiger partial charge in [-0.3, -0.25) is 4.98 Å². The Kier molecular flexibility index (Phi) is 19.6. The number of pyridine rings is 1. The quantitative estimate of drug-likeness (QED) is 0.127. The highest BCUT2D eigenvalue weighted by Crippen LogP contribution is 2.42. The van der Waals surface area contributed by atoms with E-state index in [0.29, 0.717) is 11.7 Å². The largest absolute Gasteiger partial charge is 0.359 e. The van der Waals surface area contributed by atoms with Gasteiger partial charge in [-0.25, -0.2) is 14.1 Å². The number of hydrogen-bond acceptors (Lipinski definition) is 5. The van der Waals surface area contributed by atoms with Crippen LogP contribution in [0.2, 0.25) is 0 Å². The SMILES string of the molecule is Cc1cc(-c2c(C)ccc3ccc4ccccc4c23)[n+](C)cn1.Cc1ccc2ccc3ccccc3c2c1-c1cnc2ccccc2[n+]1C.Cc1ccc2ccc3ccccc3c2c1-c1cncc[n+]1C.Cc1ccc2ccc3ccccc3c2c1N1C=CN(C)[C@@H]1C.[2H]C([2H])([2H])c1c[n+](C)c(-c2cc3c(ccc4ccccc43)cc2C)cc1C. The van der Waals surface area contributed by atoms with Gasteiger partial charge in [0.15, 0.2) is 18.1 Å². The van der Waals surface area contributed by atoms with Gasteiger partial charge in [-0.1, -0.05) is 254 Å². The Labute approximate surface area is 689 Å². The molecule has 0 unspecified atom stereocenters. The number of rotatable bonds is 5. The zero-order valence-corrected chi connectivity index (χ0v) is 68.8. The van der Waals surface area contributed by atoms with Crippen LogP contribution in [0.25, 0.3) is 164 Å². The van der Waals surface area contributed by atoms with Crippen molar-refractivity contribution in [2.45, 2.75) is 68.4 Å². The molecule has 5 heterocycles. The molecular formula is C108H97N9+4. The molecule has 9 heteroatoms. The highest BCUT2D eigenvalue weighted by molar-refractivity contribution is 6.18. The Morgan fingerprint density at radius 1 is 0.350 bits per heavy atom. The summed E-state index contributed by atoms with van der Waals surface area (Å²) in [6.45, 7) is 14.9. The third-order valence-electron chi connectivity index (χ3n) is 23.8. The monoisotopic (exact) mass is 1520 g/mol. The molecule has 0 bridgehead atoms. The summed E-state index contributed by atoms with van der Waals surface area (Å²) in [4.78, 5) is 18.1. The van der Waals surface area contributed by atoms with Gasteiger partial charge in [0.1, 0.15) is 44.7 Å². The normalized spacial score (nSPS) is 13.0. The lowest BCUT2D eigenvalue weighted by Crippen LogP contribution is -2.33. The first-order valence-electron chi connectivity index (χ1n) is 41.7. The van der Waals surface area contributed by atoms with Crippen molar-refractivity contribution in [2.75, 3.05) is 11.9 Å². The molecule has 1 aliphatic rings. The summed E-state index contributed by atoms with van der Waals surface area (Å²) in [5, 5.41) is 25.6. The van der Waals surface area contributed by atoms with Crippen molar-refractivity contribution in [3.63, 3.8) is 0 Å². The molecule has 0 saturated heterocycles. The van der Waals surface area contributed by atoms with E-state index in [1.165, 1.54) is 164 Å². The van der Waals surface area contributed by atoms with Crippen molar-refractivity contribution >= 4 is 124 Å². The molecule has 0 fully saturated rings. The van der Waals surface area contributed by atoms with Crippen LogP contribution in [-0.2, 0) is 28.2 Å². The maximum absolute atomic E-state index is 7.75. The van der Waals surface area contributed by atoms with Gasteiger partial charge in [-0.2, -0.15) is 9.13 Å². The summed E-state index contributed by atoms with van der Waals surface area (Å²) in [7, 11) is 10.3. The third kappa shape index (κ3) is 14.3. The second-order valence-electron chi connectivity index (χ2n) is 31.4. The van der Waals surface area contributed by atoms with Crippen molar-refractivity contribution in [2.24, 2.45) is 28.2 Å². The highest BCUT2D eigenvalue weighted by atomic mass is 15.4. The average Bonchev–Trinajstić information content (AvgIpc) is 1.37. The van der Waals surface area contributed by atoms with Gasteiger partial charge >= 0.3 is 0 Å². The molecule has 1 atom stereocenters. The van der Waals surface area contributed by atoms with Crippen molar-refractivity contribution < 1.29 is 22.4 Å². The molecule has 0 N–H and O–H groups in total. The summed E-state index contributed by atoms with van der Waals surface area (Å²) in [6, 6.07) is 99.5. The molecule has 9 nitrogen and oxygen atoms in total. The highest BCUT2D eigenvalue weighted by Gasteiger charge is 2.27. The lowest BCUT2D eigenvalue weighted by molar-refractivity contribution is -0.663. The van der Waals surface area contributed by atoms with Crippen molar-refractivity contribution in [1.29, 1.82) is 0 Å². The van der Waals surface area contributed by atoms with Gasteiger partial charge in [-0.05, 0) is 187 Å². The van der Waals surface area contributed by atoms with Crippen molar-refractivity contribution in [3.8, 4) is 45.0 Å². The molecule has 21 rings (SSSR count). The second kappa shape index (κ2) is 31.8. The van der Waals surface area contributed by atoms with E-state index in [-0.39, 0.29) is 0 Å². The van der Waals surface area contributed by atoms with Crippen LogP contribution in [0.15, 0.2) is 329 Å². The minimum absolute atomic E-state index is 0.336. The number of aryl methyl sites for hydroxylation is 12. The summed E-state index contributed by atoms with van der Waals surface area (Å²) in [5.41, 5.74) is 21.5. The number of hydrogen-bond donors (Lipinski definition) is 0. The fourth-order valence-electron chi connectivity index (χ4n) is 17.4. The molecule has 20 aromatic rings. The van der Waals surface area contributed by atoms with Gasteiger partial charge in [-0.15, -0.1) is 0 Å². The van der Waals surface area contributed by atoms with Gasteiger partial charge in [0, 0.05) is 86.9 Å². The van der Waals surface area contributed by atoms with Gasteiger partial charge in [0.25, 0.3) is 6.33 Å². The smallest absolute Gasteiger partial charge is 0.286 e. The van der Waals surface area contributed by atoms with E-state index in [1.54, 1.807) is 6.20 Å². The summed E-state index contributed by atoms with van der Waals surface area (Å²) >= 11 is 0. The zero-order valence-electron chi connectivity index (χ0n) is 71.8. The molecule has 1 aliphatic heterocycles. The number of nitrogens with zero attached hydrogens (tertiary/aromatic N) is 9. The van der Waals surface area contributed by atoms with Crippen LogP contribution in [0.5, 0.6) is 0 Å². The van der Waals surface area contributed by atoms with Crippen molar-refractivity contribution in [3.05, 3.63) is 373 Å². The van der Waals surface area contributed by atoms with Gasteiger partial charge in [0.05, 0.1) is 36.3 Å². The number of para-hydroxylation sites is 2. The number of fused-ring (bicyclic) bond motifs is 16. The molecule has 0 amide bonds. The Bertz CT molecular complexity index is 7500. The van der Waals surface area contributed by atoms with Gasteiger partial charge < -0.3 is 9.80 Å². The van der Waals surface area contributed by atoms with Crippen LogP contribution in [0.1, 0.15) is 55.7 Å². The minimum Gasteiger partial charge on any atom is -0.359 e. The first kappa shape index (κ1) is 72.1. The lowest BCUT2D eigenvalue weighted by atomic mass is 9.92.